The van der Waals surface area contributed by atoms with E-state index in [2.05, 4.69) is 25.6 Å². The van der Waals surface area contributed by atoms with Gasteiger partial charge in [-0.25, -0.2) is 9.67 Å². The molecule has 0 atom stereocenters. The number of imidazole rings is 1. The van der Waals surface area contributed by atoms with Crippen LogP contribution in [0.1, 0.15) is 18.3 Å². The molecule has 2 aromatic heterocycles. The minimum atomic E-state index is -0.0401. The number of nitrogens with one attached hydrogen (secondary N) is 1. The molecule has 0 aliphatic carbocycles. The van der Waals surface area contributed by atoms with Gasteiger partial charge in [-0.15, -0.1) is 10.2 Å². The van der Waals surface area contributed by atoms with Gasteiger partial charge < -0.3 is 15.0 Å². The van der Waals surface area contributed by atoms with Crippen molar-refractivity contribution >= 4 is 17.3 Å². The lowest BCUT2D eigenvalue weighted by molar-refractivity contribution is 0.420. The second-order valence-corrected chi connectivity index (χ2v) is 6.00. The summed E-state index contributed by atoms with van der Waals surface area (Å²) in [6.07, 6.45) is 0. The van der Waals surface area contributed by atoms with E-state index in [0.29, 0.717) is 17.3 Å². The molecule has 8 heteroatoms. The van der Waals surface area contributed by atoms with Crippen LogP contribution in [0.4, 0.5) is 17.3 Å². The molecule has 0 radical (unpaired) electrons. The summed E-state index contributed by atoms with van der Waals surface area (Å²) in [7, 11) is 3.52. The number of hydrogen-bond acceptors (Lipinski definition) is 6. The fourth-order valence-electron chi connectivity index (χ4n) is 2.80. The molecule has 0 aliphatic rings. The van der Waals surface area contributed by atoms with Crippen LogP contribution in [0.5, 0.6) is 5.88 Å². The predicted octanol–water partition coefficient (Wildman–Crippen LogP) is 4.08. The molecule has 2 N–H and O–H groups in total. The van der Waals surface area contributed by atoms with Crippen molar-refractivity contribution in [3.63, 3.8) is 0 Å². The summed E-state index contributed by atoms with van der Waals surface area (Å²) in [6.45, 7) is 6.72. The van der Waals surface area contributed by atoms with E-state index in [0.717, 1.165) is 29.2 Å². The number of benzene rings is 1. The van der Waals surface area contributed by atoms with E-state index in [4.69, 9.17) is 0 Å². The van der Waals surface area contributed by atoms with Gasteiger partial charge in [-0.3, -0.25) is 0 Å². The Morgan fingerprint density at radius 2 is 2.00 bits per heavy atom. The maximum Gasteiger partial charge on any atom is 0.249 e. The quantitative estimate of drug-likeness (QED) is 0.676. The van der Waals surface area contributed by atoms with Crippen molar-refractivity contribution in [1.82, 2.24) is 19.3 Å². The highest BCUT2D eigenvalue weighted by atomic mass is 16.3. The monoisotopic (exact) mass is 353 g/mol. The van der Waals surface area contributed by atoms with Gasteiger partial charge in [0.05, 0.1) is 5.69 Å². The lowest BCUT2D eigenvalue weighted by atomic mass is 10.1. The Balaban J connectivity index is 2.07. The topological polar surface area (TPSA) is 92.6 Å². The number of rotatable bonds is 5. The zero-order chi connectivity index (χ0) is 18.8. The fourth-order valence-corrected chi connectivity index (χ4v) is 2.80. The maximum atomic E-state index is 10.4. The number of anilines is 1. The molecule has 8 nitrogen and oxygen atoms in total. The van der Waals surface area contributed by atoms with Gasteiger partial charge in [-0.2, -0.15) is 5.10 Å². The summed E-state index contributed by atoms with van der Waals surface area (Å²) in [4.78, 5) is 4.45. The molecule has 0 fully saturated rings. The Morgan fingerprint density at radius 1 is 1.23 bits per heavy atom. The first-order valence-electron chi connectivity index (χ1n) is 8.45. The molecule has 136 valence electrons. The van der Waals surface area contributed by atoms with Crippen LogP contribution in [0.25, 0.3) is 11.3 Å². The molecule has 3 rings (SSSR count). The largest absolute Gasteiger partial charge is 0.492 e. The zero-order valence-electron chi connectivity index (χ0n) is 15.6. The van der Waals surface area contributed by atoms with Gasteiger partial charge in [0.1, 0.15) is 5.69 Å². The minimum Gasteiger partial charge on any atom is -0.492 e. The lowest BCUT2D eigenvalue weighted by Crippen LogP contribution is -1.95. The molecule has 0 unspecified atom stereocenters. The van der Waals surface area contributed by atoms with Gasteiger partial charge in [0.15, 0.2) is 5.69 Å². The minimum absolute atomic E-state index is 0.0401. The van der Waals surface area contributed by atoms with E-state index < -0.39 is 0 Å². The van der Waals surface area contributed by atoms with Crippen molar-refractivity contribution < 1.29 is 5.11 Å². The van der Waals surface area contributed by atoms with Gasteiger partial charge >= 0.3 is 0 Å². The van der Waals surface area contributed by atoms with Gasteiger partial charge in [0.2, 0.25) is 11.8 Å². The van der Waals surface area contributed by atoms with Crippen LogP contribution in [0.3, 0.4) is 0 Å². The number of nitrogens with zero attached hydrogens (tertiary/aromatic N) is 6. The van der Waals surface area contributed by atoms with E-state index in [-0.39, 0.29) is 5.88 Å². The fraction of sp³-hybridized carbons (Fsp3) is 0.333. The van der Waals surface area contributed by atoms with E-state index >= 15 is 0 Å². The molecule has 0 aliphatic heterocycles. The Morgan fingerprint density at radius 3 is 2.69 bits per heavy atom. The molecule has 0 spiro atoms. The number of azo groups is 1. The molecule has 0 bridgehead atoms. The van der Waals surface area contributed by atoms with Gasteiger partial charge in [-0.05, 0) is 32.9 Å². The molecule has 0 saturated carbocycles. The number of hydrogen-bond donors (Lipinski definition) is 2. The van der Waals surface area contributed by atoms with Crippen LogP contribution < -0.4 is 5.32 Å². The molecule has 2 heterocycles. The SMILES string of the molecule is CCn1c(N=Nc2c(-c3cccc(NC)c3)nn(C)c2O)nc(C)c1C. The van der Waals surface area contributed by atoms with Crippen molar-refractivity contribution in [2.24, 2.45) is 17.3 Å². The zero-order valence-corrected chi connectivity index (χ0v) is 15.6. The molecule has 26 heavy (non-hydrogen) atoms. The third-order valence-electron chi connectivity index (χ3n) is 4.41. The van der Waals surface area contributed by atoms with Crippen molar-refractivity contribution in [3.05, 3.63) is 35.7 Å². The molecular weight excluding hydrogens is 330 g/mol. The van der Waals surface area contributed by atoms with Crippen LogP contribution in [-0.2, 0) is 13.6 Å². The second kappa shape index (κ2) is 6.99. The second-order valence-electron chi connectivity index (χ2n) is 6.00. The third kappa shape index (κ3) is 3.05. The first kappa shape index (κ1) is 17.7. The average Bonchev–Trinajstić information content (AvgIpc) is 3.09. The third-order valence-corrected chi connectivity index (χ3v) is 4.41. The molecule has 0 saturated heterocycles. The number of aromatic hydroxyl groups is 1. The normalized spacial score (nSPS) is 11.4. The highest BCUT2D eigenvalue weighted by Gasteiger charge is 2.18. The smallest absolute Gasteiger partial charge is 0.249 e. The summed E-state index contributed by atoms with van der Waals surface area (Å²) < 4.78 is 3.37. The Kier molecular flexibility index (Phi) is 4.75. The standard InChI is InChI=1S/C18H23N7O/c1-6-25-12(3)11(2)20-18(25)22-21-16-15(23-24(5)17(16)26)13-8-7-9-14(10-13)19-4/h7-10,19,26H,6H2,1-5H3. The van der Waals surface area contributed by atoms with Crippen LogP contribution in [-0.4, -0.2) is 31.5 Å². The highest BCUT2D eigenvalue weighted by molar-refractivity contribution is 5.77. The Hall–Kier alpha value is -3.16. The van der Waals surface area contributed by atoms with Gasteiger partial charge in [0.25, 0.3) is 0 Å². The molecule has 0 amide bonds. The van der Waals surface area contributed by atoms with E-state index in [1.807, 2.05) is 56.7 Å². The molecule has 3 aromatic rings. The number of aromatic nitrogens is 4. The number of aryl methyl sites for hydroxylation is 2. The van der Waals surface area contributed by atoms with E-state index in [9.17, 15) is 5.11 Å². The van der Waals surface area contributed by atoms with Crippen LogP contribution in [0.2, 0.25) is 0 Å². The summed E-state index contributed by atoms with van der Waals surface area (Å²) in [5, 5.41) is 26.4. The van der Waals surface area contributed by atoms with Gasteiger partial charge in [0, 0.05) is 37.6 Å². The van der Waals surface area contributed by atoms with Crippen molar-refractivity contribution in [1.29, 1.82) is 0 Å². The van der Waals surface area contributed by atoms with Crippen LogP contribution >= 0.6 is 0 Å². The Labute approximate surface area is 152 Å². The van der Waals surface area contributed by atoms with Gasteiger partial charge in [-0.1, -0.05) is 12.1 Å². The predicted molar refractivity (Wildman–Crippen MR) is 101 cm³/mol. The van der Waals surface area contributed by atoms with Crippen molar-refractivity contribution in [3.8, 4) is 17.1 Å². The van der Waals surface area contributed by atoms with Crippen molar-refractivity contribution in [2.45, 2.75) is 27.3 Å². The van der Waals surface area contributed by atoms with Crippen LogP contribution in [0, 0.1) is 13.8 Å². The summed E-state index contributed by atoms with van der Waals surface area (Å²) in [6, 6.07) is 7.74. The summed E-state index contributed by atoms with van der Waals surface area (Å²) >= 11 is 0. The summed E-state index contributed by atoms with van der Waals surface area (Å²) in [5.74, 6) is 0.474. The first-order chi connectivity index (χ1) is 12.5. The molecule has 1 aromatic carbocycles. The summed E-state index contributed by atoms with van der Waals surface area (Å²) in [5.41, 5.74) is 4.64. The first-order valence-corrected chi connectivity index (χ1v) is 8.45. The lowest BCUT2D eigenvalue weighted by Gasteiger charge is -2.03. The maximum absolute atomic E-state index is 10.4. The van der Waals surface area contributed by atoms with Crippen molar-refractivity contribution in [2.75, 3.05) is 12.4 Å². The van der Waals surface area contributed by atoms with Crippen LogP contribution in [0.15, 0.2) is 34.5 Å². The van der Waals surface area contributed by atoms with E-state index in [1.54, 1.807) is 7.05 Å². The van der Waals surface area contributed by atoms with E-state index in [1.165, 1.54) is 4.68 Å². The molecular formula is C18H23N7O. The highest BCUT2D eigenvalue weighted by Crippen LogP contribution is 2.38. The Bertz CT molecular complexity index is 968. The average molecular weight is 353 g/mol.